The standard InChI is InChI=1S/C12H14F3N3S2/c1-3-4-16-10(8-5-17-7(2)19-8)9-6-18-11(20-9)12(13,14)15/h5-6,10,16H,3-4H2,1-2H3. The lowest BCUT2D eigenvalue weighted by Gasteiger charge is -2.14. The molecule has 1 atom stereocenters. The van der Waals surface area contributed by atoms with Crippen LogP contribution in [0.25, 0.3) is 0 Å². The lowest BCUT2D eigenvalue weighted by Crippen LogP contribution is -2.21. The Morgan fingerprint density at radius 3 is 2.35 bits per heavy atom. The molecule has 1 N–H and O–H groups in total. The summed E-state index contributed by atoms with van der Waals surface area (Å²) in [6.07, 6.45) is -0.475. The van der Waals surface area contributed by atoms with Crippen molar-refractivity contribution >= 4 is 22.7 Å². The molecule has 0 spiro atoms. The minimum absolute atomic E-state index is 0.269. The Kier molecular flexibility index (Phi) is 4.77. The normalized spacial score (nSPS) is 13.7. The Balaban J connectivity index is 2.29. The van der Waals surface area contributed by atoms with Gasteiger partial charge in [-0.3, -0.25) is 0 Å². The van der Waals surface area contributed by atoms with Gasteiger partial charge in [0.05, 0.1) is 11.0 Å². The fourth-order valence-corrected chi connectivity index (χ4v) is 3.53. The summed E-state index contributed by atoms with van der Waals surface area (Å²) in [4.78, 5) is 9.13. The molecular formula is C12H14F3N3S2. The van der Waals surface area contributed by atoms with Crippen LogP contribution in [0.15, 0.2) is 12.4 Å². The first kappa shape index (κ1) is 15.4. The van der Waals surface area contributed by atoms with E-state index in [2.05, 4.69) is 15.3 Å². The van der Waals surface area contributed by atoms with Gasteiger partial charge in [0.15, 0.2) is 5.01 Å². The van der Waals surface area contributed by atoms with Gasteiger partial charge in [-0.25, -0.2) is 9.97 Å². The molecule has 8 heteroatoms. The highest BCUT2D eigenvalue weighted by atomic mass is 32.1. The van der Waals surface area contributed by atoms with E-state index in [1.807, 2.05) is 13.8 Å². The molecule has 2 aromatic heterocycles. The number of nitrogens with one attached hydrogen (secondary N) is 1. The predicted molar refractivity (Wildman–Crippen MR) is 74.1 cm³/mol. The summed E-state index contributed by atoms with van der Waals surface area (Å²) in [6, 6.07) is -0.269. The maximum atomic E-state index is 12.6. The number of alkyl halides is 3. The second-order valence-electron chi connectivity index (χ2n) is 4.23. The molecule has 0 amide bonds. The smallest absolute Gasteiger partial charge is 0.305 e. The molecule has 0 aliphatic heterocycles. The molecule has 0 fully saturated rings. The van der Waals surface area contributed by atoms with E-state index in [1.54, 1.807) is 6.20 Å². The first-order valence-electron chi connectivity index (χ1n) is 6.10. The Hall–Kier alpha value is -0.990. The summed E-state index contributed by atoms with van der Waals surface area (Å²) in [6.45, 7) is 4.61. The Labute approximate surface area is 122 Å². The number of nitrogens with zero attached hydrogens (tertiary/aromatic N) is 2. The lowest BCUT2D eigenvalue weighted by molar-refractivity contribution is -0.137. The van der Waals surface area contributed by atoms with Crippen LogP contribution in [0.3, 0.4) is 0 Å². The van der Waals surface area contributed by atoms with Crippen LogP contribution in [-0.2, 0) is 6.18 Å². The zero-order chi connectivity index (χ0) is 14.8. The van der Waals surface area contributed by atoms with E-state index in [0.29, 0.717) is 16.2 Å². The molecule has 0 aliphatic rings. The van der Waals surface area contributed by atoms with Crippen molar-refractivity contribution in [3.05, 3.63) is 32.2 Å². The van der Waals surface area contributed by atoms with Crippen LogP contribution >= 0.6 is 22.7 Å². The van der Waals surface area contributed by atoms with E-state index in [1.165, 1.54) is 17.5 Å². The van der Waals surface area contributed by atoms with Gasteiger partial charge in [-0.1, -0.05) is 6.92 Å². The number of aromatic nitrogens is 2. The van der Waals surface area contributed by atoms with E-state index in [0.717, 1.165) is 22.9 Å². The number of rotatable bonds is 5. The molecule has 0 aromatic carbocycles. The summed E-state index contributed by atoms with van der Waals surface area (Å²) >= 11 is 2.16. The van der Waals surface area contributed by atoms with Gasteiger partial charge < -0.3 is 5.32 Å². The molecular weight excluding hydrogens is 307 g/mol. The van der Waals surface area contributed by atoms with E-state index < -0.39 is 11.2 Å². The Bertz CT molecular complexity index is 562. The zero-order valence-corrected chi connectivity index (χ0v) is 12.6. The van der Waals surface area contributed by atoms with Gasteiger partial charge in [0, 0.05) is 22.1 Å². The fraction of sp³-hybridized carbons (Fsp3) is 0.500. The van der Waals surface area contributed by atoms with Crippen molar-refractivity contribution in [2.24, 2.45) is 0 Å². The molecule has 0 saturated heterocycles. The van der Waals surface area contributed by atoms with Crippen LogP contribution in [-0.4, -0.2) is 16.5 Å². The third-order valence-electron chi connectivity index (χ3n) is 2.57. The van der Waals surface area contributed by atoms with Crippen molar-refractivity contribution < 1.29 is 13.2 Å². The van der Waals surface area contributed by atoms with Crippen LogP contribution in [0.4, 0.5) is 13.2 Å². The van der Waals surface area contributed by atoms with Gasteiger partial charge in [0.1, 0.15) is 0 Å². The van der Waals surface area contributed by atoms with Crippen LogP contribution in [0.5, 0.6) is 0 Å². The summed E-state index contributed by atoms with van der Waals surface area (Å²) in [5, 5.41) is 3.34. The van der Waals surface area contributed by atoms with Crippen molar-refractivity contribution in [3.8, 4) is 0 Å². The summed E-state index contributed by atoms with van der Waals surface area (Å²) in [5.41, 5.74) is 0. The SMILES string of the molecule is CCCNC(c1cnc(C)s1)c1cnc(C(F)(F)F)s1. The molecule has 2 heterocycles. The molecule has 0 aliphatic carbocycles. The predicted octanol–water partition coefficient (Wildman–Crippen LogP) is 4.02. The van der Waals surface area contributed by atoms with E-state index >= 15 is 0 Å². The molecule has 2 rings (SSSR count). The average Bonchev–Trinajstić information content (AvgIpc) is 2.99. The van der Waals surface area contributed by atoms with Gasteiger partial charge in [-0.05, 0) is 19.9 Å². The molecule has 3 nitrogen and oxygen atoms in total. The maximum Gasteiger partial charge on any atom is 0.443 e. The molecule has 20 heavy (non-hydrogen) atoms. The van der Waals surface area contributed by atoms with Gasteiger partial charge in [-0.2, -0.15) is 13.2 Å². The highest BCUT2D eigenvalue weighted by molar-refractivity contribution is 7.13. The molecule has 0 saturated carbocycles. The number of aryl methyl sites for hydroxylation is 1. The topological polar surface area (TPSA) is 37.8 Å². The Morgan fingerprint density at radius 1 is 1.20 bits per heavy atom. The molecule has 0 radical (unpaired) electrons. The van der Waals surface area contributed by atoms with Crippen molar-refractivity contribution in [3.63, 3.8) is 0 Å². The zero-order valence-electron chi connectivity index (χ0n) is 11.0. The van der Waals surface area contributed by atoms with Crippen molar-refractivity contribution in [1.82, 2.24) is 15.3 Å². The quantitative estimate of drug-likeness (QED) is 0.904. The summed E-state index contributed by atoms with van der Waals surface area (Å²) < 4.78 is 37.9. The number of hydrogen-bond donors (Lipinski definition) is 1. The van der Waals surface area contributed by atoms with Crippen molar-refractivity contribution in [1.29, 1.82) is 0 Å². The number of halogens is 3. The van der Waals surface area contributed by atoms with Gasteiger partial charge in [-0.15, -0.1) is 22.7 Å². The van der Waals surface area contributed by atoms with Crippen LogP contribution < -0.4 is 5.32 Å². The van der Waals surface area contributed by atoms with Crippen molar-refractivity contribution in [2.75, 3.05) is 6.54 Å². The van der Waals surface area contributed by atoms with Gasteiger partial charge >= 0.3 is 6.18 Å². The molecule has 1 unspecified atom stereocenters. The third kappa shape index (κ3) is 3.56. The first-order chi connectivity index (χ1) is 9.41. The summed E-state index contributed by atoms with van der Waals surface area (Å²) in [5.74, 6) is 0. The lowest BCUT2D eigenvalue weighted by atomic mass is 10.2. The monoisotopic (exact) mass is 321 g/mol. The largest absolute Gasteiger partial charge is 0.443 e. The number of thiazole rings is 2. The fourth-order valence-electron chi connectivity index (χ4n) is 1.69. The average molecular weight is 321 g/mol. The third-order valence-corrected chi connectivity index (χ3v) is 4.66. The molecule has 110 valence electrons. The highest BCUT2D eigenvalue weighted by Gasteiger charge is 2.35. The maximum absolute atomic E-state index is 12.6. The molecule has 2 aromatic rings. The number of hydrogen-bond acceptors (Lipinski definition) is 5. The van der Waals surface area contributed by atoms with E-state index in [4.69, 9.17) is 0 Å². The Morgan fingerprint density at radius 2 is 1.85 bits per heavy atom. The first-order valence-corrected chi connectivity index (χ1v) is 7.73. The molecule has 0 bridgehead atoms. The van der Waals surface area contributed by atoms with E-state index in [-0.39, 0.29) is 6.04 Å². The van der Waals surface area contributed by atoms with Crippen LogP contribution in [0.2, 0.25) is 0 Å². The summed E-state index contributed by atoms with van der Waals surface area (Å²) in [7, 11) is 0. The van der Waals surface area contributed by atoms with Crippen LogP contribution in [0.1, 0.15) is 39.2 Å². The minimum atomic E-state index is -4.39. The highest BCUT2D eigenvalue weighted by Crippen LogP contribution is 2.37. The van der Waals surface area contributed by atoms with Gasteiger partial charge in [0.25, 0.3) is 0 Å². The van der Waals surface area contributed by atoms with Gasteiger partial charge in [0.2, 0.25) is 0 Å². The van der Waals surface area contributed by atoms with Crippen molar-refractivity contribution in [2.45, 2.75) is 32.5 Å². The second kappa shape index (κ2) is 6.19. The minimum Gasteiger partial charge on any atom is -0.305 e. The van der Waals surface area contributed by atoms with Crippen LogP contribution in [0, 0.1) is 6.92 Å². The second-order valence-corrected chi connectivity index (χ2v) is 6.56. The van der Waals surface area contributed by atoms with E-state index in [9.17, 15) is 13.2 Å².